The van der Waals surface area contributed by atoms with Gasteiger partial charge in [-0.25, -0.2) is 13.1 Å². The average Bonchev–Trinajstić information content (AvgIpc) is 2.69. The lowest BCUT2D eigenvalue weighted by atomic mass is 9.98. The number of rotatable bonds is 5. The Morgan fingerprint density at radius 1 is 0.964 bits per heavy atom. The molecular formula is C22H21BrN2O2S. The number of nitrogens with zero attached hydrogens (tertiary/aromatic N) is 1. The second-order valence-electron chi connectivity index (χ2n) is 6.97. The minimum absolute atomic E-state index is 0.198. The molecule has 3 aromatic rings. The van der Waals surface area contributed by atoms with Crippen molar-refractivity contribution in [3.63, 3.8) is 0 Å². The molecule has 0 bridgehead atoms. The van der Waals surface area contributed by atoms with E-state index in [1.807, 2.05) is 30.3 Å². The fourth-order valence-corrected chi connectivity index (χ4v) is 5.30. The first-order chi connectivity index (χ1) is 13.5. The maximum absolute atomic E-state index is 12.8. The maximum atomic E-state index is 12.8. The third kappa shape index (κ3) is 4.29. The molecule has 3 aromatic carbocycles. The summed E-state index contributed by atoms with van der Waals surface area (Å²) in [6, 6.07) is 24.8. The van der Waals surface area contributed by atoms with Crippen molar-refractivity contribution in [1.82, 2.24) is 4.72 Å². The molecule has 0 unspecified atom stereocenters. The summed E-state index contributed by atoms with van der Waals surface area (Å²) in [6.07, 6.45) is 0.659. The first-order valence-corrected chi connectivity index (χ1v) is 11.4. The van der Waals surface area contributed by atoms with Gasteiger partial charge in [0.1, 0.15) is 0 Å². The smallest absolute Gasteiger partial charge is 0.240 e. The summed E-state index contributed by atoms with van der Waals surface area (Å²) in [7, 11) is -3.56. The van der Waals surface area contributed by atoms with Crippen LogP contribution in [0.3, 0.4) is 0 Å². The van der Waals surface area contributed by atoms with E-state index in [9.17, 15) is 8.42 Å². The molecule has 1 aliphatic heterocycles. The molecule has 4 rings (SSSR count). The third-order valence-electron chi connectivity index (χ3n) is 4.88. The van der Waals surface area contributed by atoms with Gasteiger partial charge in [-0.3, -0.25) is 0 Å². The first-order valence-electron chi connectivity index (χ1n) is 9.16. The molecule has 0 fully saturated rings. The molecule has 0 radical (unpaired) electrons. The molecule has 4 nitrogen and oxygen atoms in total. The van der Waals surface area contributed by atoms with Crippen molar-refractivity contribution in [3.8, 4) is 0 Å². The van der Waals surface area contributed by atoms with Crippen LogP contribution in [0.5, 0.6) is 0 Å². The van der Waals surface area contributed by atoms with Crippen molar-refractivity contribution in [2.24, 2.45) is 0 Å². The lowest BCUT2D eigenvalue weighted by molar-refractivity contribution is 0.524. The van der Waals surface area contributed by atoms with E-state index < -0.39 is 10.0 Å². The van der Waals surface area contributed by atoms with Gasteiger partial charge in [0.2, 0.25) is 10.0 Å². The van der Waals surface area contributed by atoms with Gasteiger partial charge in [-0.1, -0.05) is 64.5 Å². The Bertz CT molecular complexity index is 1060. The van der Waals surface area contributed by atoms with Crippen molar-refractivity contribution < 1.29 is 8.42 Å². The minimum Gasteiger partial charge on any atom is -0.365 e. The lowest BCUT2D eigenvalue weighted by Crippen LogP contribution is -2.48. The largest absolute Gasteiger partial charge is 0.365 e. The highest BCUT2D eigenvalue weighted by Crippen LogP contribution is 2.31. The van der Waals surface area contributed by atoms with E-state index in [2.05, 4.69) is 49.8 Å². The summed E-state index contributed by atoms with van der Waals surface area (Å²) in [6.45, 7) is 1.36. The predicted octanol–water partition coefficient (Wildman–Crippen LogP) is 4.36. The van der Waals surface area contributed by atoms with E-state index in [0.29, 0.717) is 17.9 Å². The van der Waals surface area contributed by atoms with Gasteiger partial charge < -0.3 is 4.90 Å². The minimum atomic E-state index is -3.56. The summed E-state index contributed by atoms with van der Waals surface area (Å²) < 4.78 is 29.5. The van der Waals surface area contributed by atoms with Crippen LogP contribution in [0.15, 0.2) is 88.2 Å². The second kappa shape index (κ2) is 8.07. The van der Waals surface area contributed by atoms with E-state index >= 15 is 0 Å². The van der Waals surface area contributed by atoms with Crippen LogP contribution in [0.1, 0.15) is 11.1 Å². The zero-order valence-corrected chi connectivity index (χ0v) is 17.7. The fourth-order valence-electron chi connectivity index (χ4n) is 3.64. The summed E-state index contributed by atoms with van der Waals surface area (Å²) in [5, 5.41) is 0. The third-order valence-corrected chi connectivity index (χ3v) is 6.91. The molecule has 0 saturated carbocycles. The standard InChI is InChI=1S/C22H21BrN2O2S/c23-19-11-12-22-18(13-19)14-20(16-25(22)15-17-7-3-1-4-8-17)24-28(26,27)21-9-5-2-6-10-21/h1-13,20,24H,14-16H2/t20-/m1/s1. The highest BCUT2D eigenvalue weighted by atomic mass is 79.9. The SMILES string of the molecule is O=S(=O)(N[C@@H]1Cc2cc(Br)ccc2N(Cc2ccccc2)C1)c1ccccc1. The van der Waals surface area contributed by atoms with Gasteiger partial charge in [0, 0.05) is 29.3 Å². The summed E-state index contributed by atoms with van der Waals surface area (Å²) in [4.78, 5) is 2.54. The normalized spacial score (nSPS) is 16.6. The number of benzene rings is 3. The summed E-state index contributed by atoms with van der Waals surface area (Å²) >= 11 is 3.54. The molecular weight excluding hydrogens is 436 g/mol. The molecule has 1 N–H and O–H groups in total. The molecule has 0 aliphatic carbocycles. The van der Waals surface area contributed by atoms with Gasteiger partial charge >= 0.3 is 0 Å². The molecule has 0 saturated heterocycles. The average molecular weight is 457 g/mol. The Hall–Kier alpha value is -2.15. The van der Waals surface area contributed by atoms with E-state index in [1.54, 1.807) is 24.3 Å². The van der Waals surface area contributed by atoms with Crippen LogP contribution in [0.25, 0.3) is 0 Å². The highest BCUT2D eigenvalue weighted by Gasteiger charge is 2.28. The highest BCUT2D eigenvalue weighted by molar-refractivity contribution is 9.10. The second-order valence-corrected chi connectivity index (χ2v) is 9.60. The molecule has 0 amide bonds. The summed E-state index contributed by atoms with van der Waals surface area (Å²) in [5.74, 6) is 0. The molecule has 6 heteroatoms. The van der Waals surface area contributed by atoms with Crippen molar-refractivity contribution in [3.05, 3.63) is 94.5 Å². The molecule has 1 aliphatic rings. The number of hydrogen-bond acceptors (Lipinski definition) is 3. The van der Waals surface area contributed by atoms with E-state index in [1.165, 1.54) is 5.56 Å². The quantitative estimate of drug-likeness (QED) is 0.620. The van der Waals surface area contributed by atoms with Crippen molar-refractivity contribution in [2.75, 3.05) is 11.4 Å². The van der Waals surface area contributed by atoms with E-state index in [0.717, 1.165) is 22.3 Å². The topological polar surface area (TPSA) is 49.4 Å². The Labute approximate surface area is 174 Å². The van der Waals surface area contributed by atoms with Crippen LogP contribution in [0.2, 0.25) is 0 Å². The Morgan fingerprint density at radius 2 is 1.64 bits per heavy atom. The number of fused-ring (bicyclic) bond motifs is 1. The van der Waals surface area contributed by atoms with Crippen LogP contribution >= 0.6 is 15.9 Å². The van der Waals surface area contributed by atoms with Gasteiger partial charge in [-0.2, -0.15) is 0 Å². The predicted molar refractivity (Wildman–Crippen MR) is 116 cm³/mol. The number of hydrogen-bond donors (Lipinski definition) is 1. The molecule has 28 heavy (non-hydrogen) atoms. The Morgan fingerprint density at radius 3 is 2.36 bits per heavy atom. The van der Waals surface area contributed by atoms with Crippen LogP contribution in [0, 0.1) is 0 Å². The molecule has 1 heterocycles. The zero-order chi connectivity index (χ0) is 19.6. The lowest BCUT2D eigenvalue weighted by Gasteiger charge is -2.36. The zero-order valence-electron chi connectivity index (χ0n) is 15.3. The van der Waals surface area contributed by atoms with Crippen LogP contribution < -0.4 is 9.62 Å². The molecule has 1 atom stereocenters. The van der Waals surface area contributed by atoms with Gasteiger partial charge in [0.15, 0.2) is 0 Å². The van der Waals surface area contributed by atoms with Gasteiger partial charge in [0.05, 0.1) is 4.90 Å². The molecule has 0 spiro atoms. The van der Waals surface area contributed by atoms with Gasteiger partial charge in [0.25, 0.3) is 0 Å². The van der Waals surface area contributed by atoms with E-state index in [4.69, 9.17) is 0 Å². The van der Waals surface area contributed by atoms with Gasteiger partial charge in [-0.05, 0) is 47.9 Å². The van der Waals surface area contributed by atoms with Crippen molar-refractivity contribution >= 4 is 31.6 Å². The van der Waals surface area contributed by atoms with Crippen LogP contribution in [0.4, 0.5) is 5.69 Å². The fraction of sp³-hybridized carbons (Fsp3) is 0.182. The van der Waals surface area contributed by atoms with Crippen molar-refractivity contribution in [1.29, 1.82) is 0 Å². The number of halogens is 1. The monoisotopic (exact) mass is 456 g/mol. The molecule has 0 aromatic heterocycles. The van der Waals surface area contributed by atoms with Crippen molar-refractivity contribution in [2.45, 2.75) is 23.9 Å². The van der Waals surface area contributed by atoms with Crippen LogP contribution in [-0.2, 0) is 23.0 Å². The maximum Gasteiger partial charge on any atom is 0.240 e. The van der Waals surface area contributed by atoms with Gasteiger partial charge in [-0.15, -0.1) is 0 Å². The molecule has 144 valence electrons. The Kier molecular flexibility index (Phi) is 5.53. The first kappa shape index (κ1) is 19.2. The Balaban J connectivity index is 1.62. The summed E-state index contributed by atoms with van der Waals surface area (Å²) in [5.41, 5.74) is 3.49. The van der Waals surface area contributed by atoms with Crippen LogP contribution in [-0.4, -0.2) is 21.0 Å². The number of anilines is 1. The number of nitrogens with one attached hydrogen (secondary N) is 1. The number of sulfonamides is 1. The van der Waals surface area contributed by atoms with E-state index in [-0.39, 0.29) is 6.04 Å².